The SMILES string of the molecule is Cc1nnc(CNc2cccc(CS(=O)c3ccccc3)c2)s1. The Balaban J connectivity index is 1.64. The summed E-state index contributed by atoms with van der Waals surface area (Å²) in [6, 6.07) is 17.6. The highest BCUT2D eigenvalue weighted by molar-refractivity contribution is 7.84. The van der Waals surface area contributed by atoms with E-state index in [2.05, 4.69) is 15.5 Å². The van der Waals surface area contributed by atoms with E-state index >= 15 is 0 Å². The van der Waals surface area contributed by atoms with Crippen molar-refractivity contribution in [1.29, 1.82) is 0 Å². The Hall–Kier alpha value is -2.05. The molecule has 3 aromatic rings. The lowest BCUT2D eigenvalue weighted by atomic mass is 10.2. The van der Waals surface area contributed by atoms with Crippen molar-refractivity contribution in [2.24, 2.45) is 0 Å². The van der Waals surface area contributed by atoms with E-state index in [0.29, 0.717) is 12.3 Å². The molecule has 0 saturated heterocycles. The van der Waals surface area contributed by atoms with Gasteiger partial charge in [0.2, 0.25) is 0 Å². The molecule has 6 heteroatoms. The van der Waals surface area contributed by atoms with Gasteiger partial charge in [-0.2, -0.15) is 0 Å². The van der Waals surface area contributed by atoms with Crippen molar-refractivity contribution >= 4 is 27.8 Å². The zero-order chi connectivity index (χ0) is 16.1. The number of nitrogens with one attached hydrogen (secondary N) is 1. The van der Waals surface area contributed by atoms with E-state index in [1.165, 1.54) is 0 Å². The number of aryl methyl sites for hydroxylation is 1. The Labute approximate surface area is 142 Å². The Kier molecular flexibility index (Phi) is 5.15. The monoisotopic (exact) mass is 343 g/mol. The van der Waals surface area contributed by atoms with E-state index in [1.807, 2.05) is 61.5 Å². The third-order valence-electron chi connectivity index (χ3n) is 3.24. The number of nitrogens with zero attached hydrogens (tertiary/aromatic N) is 2. The number of hydrogen-bond acceptors (Lipinski definition) is 5. The number of anilines is 1. The molecule has 0 aliphatic rings. The standard InChI is InChI=1S/C17H17N3OS2/c1-13-19-20-17(22-13)11-18-15-7-5-6-14(10-15)12-23(21)16-8-3-2-4-9-16/h2-10,18H,11-12H2,1H3. The van der Waals surface area contributed by atoms with Crippen LogP contribution >= 0.6 is 11.3 Å². The van der Waals surface area contributed by atoms with Crippen LogP contribution in [0, 0.1) is 6.92 Å². The van der Waals surface area contributed by atoms with Gasteiger partial charge in [-0.05, 0) is 36.8 Å². The van der Waals surface area contributed by atoms with Crippen LogP contribution in [0.25, 0.3) is 0 Å². The van der Waals surface area contributed by atoms with Crippen molar-refractivity contribution in [3.63, 3.8) is 0 Å². The van der Waals surface area contributed by atoms with E-state index < -0.39 is 10.8 Å². The van der Waals surface area contributed by atoms with Crippen LogP contribution in [0.1, 0.15) is 15.6 Å². The maximum absolute atomic E-state index is 12.4. The topological polar surface area (TPSA) is 54.9 Å². The summed E-state index contributed by atoms with van der Waals surface area (Å²) in [5.74, 6) is 0.511. The molecule has 0 fully saturated rings. The van der Waals surface area contributed by atoms with Gasteiger partial charge in [0, 0.05) is 10.6 Å². The van der Waals surface area contributed by atoms with Crippen LogP contribution in [0.15, 0.2) is 59.5 Å². The van der Waals surface area contributed by atoms with E-state index in [1.54, 1.807) is 11.3 Å². The van der Waals surface area contributed by atoms with Gasteiger partial charge in [0.1, 0.15) is 10.0 Å². The van der Waals surface area contributed by atoms with E-state index in [-0.39, 0.29) is 0 Å². The van der Waals surface area contributed by atoms with Gasteiger partial charge in [-0.1, -0.05) is 41.7 Å². The number of aromatic nitrogens is 2. The second kappa shape index (κ2) is 7.48. The summed E-state index contributed by atoms with van der Waals surface area (Å²) >= 11 is 1.59. The van der Waals surface area contributed by atoms with Crippen LogP contribution in [-0.4, -0.2) is 14.4 Å². The normalized spacial score (nSPS) is 12.0. The third kappa shape index (κ3) is 4.46. The van der Waals surface area contributed by atoms with Crippen LogP contribution in [-0.2, 0) is 23.1 Å². The van der Waals surface area contributed by atoms with Crippen LogP contribution in [0.3, 0.4) is 0 Å². The summed E-state index contributed by atoms with van der Waals surface area (Å²) < 4.78 is 12.4. The summed E-state index contributed by atoms with van der Waals surface area (Å²) in [5, 5.41) is 13.4. The molecule has 3 rings (SSSR count). The highest BCUT2D eigenvalue weighted by atomic mass is 32.2. The summed E-state index contributed by atoms with van der Waals surface area (Å²) in [5.41, 5.74) is 2.05. The fraction of sp³-hybridized carbons (Fsp3) is 0.176. The van der Waals surface area contributed by atoms with Crippen LogP contribution in [0.5, 0.6) is 0 Å². The molecule has 1 N–H and O–H groups in total. The summed E-state index contributed by atoms with van der Waals surface area (Å²) in [4.78, 5) is 0.857. The van der Waals surface area contributed by atoms with E-state index in [0.717, 1.165) is 26.2 Å². The first-order valence-electron chi connectivity index (χ1n) is 7.26. The first-order chi connectivity index (χ1) is 11.2. The van der Waals surface area contributed by atoms with E-state index in [9.17, 15) is 4.21 Å². The van der Waals surface area contributed by atoms with Crippen molar-refractivity contribution in [2.45, 2.75) is 24.1 Å². The van der Waals surface area contributed by atoms with Gasteiger partial charge in [-0.3, -0.25) is 4.21 Å². The molecule has 2 aromatic carbocycles. The molecular formula is C17H17N3OS2. The Morgan fingerprint density at radius 3 is 2.65 bits per heavy atom. The zero-order valence-corrected chi connectivity index (χ0v) is 14.4. The van der Waals surface area contributed by atoms with Gasteiger partial charge in [0.05, 0.1) is 23.1 Å². The maximum atomic E-state index is 12.4. The van der Waals surface area contributed by atoms with Crippen molar-refractivity contribution in [3.05, 3.63) is 70.2 Å². The molecule has 118 valence electrons. The second-order valence-electron chi connectivity index (χ2n) is 5.07. The van der Waals surface area contributed by atoms with Crippen LogP contribution in [0.2, 0.25) is 0 Å². The smallest absolute Gasteiger partial charge is 0.136 e. The van der Waals surface area contributed by atoms with Gasteiger partial charge in [-0.15, -0.1) is 10.2 Å². The summed E-state index contributed by atoms with van der Waals surface area (Å²) in [6.07, 6.45) is 0. The predicted octanol–water partition coefficient (Wildman–Crippen LogP) is 3.77. The zero-order valence-electron chi connectivity index (χ0n) is 12.7. The average Bonchev–Trinajstić information content (AvgIpc) is 3.00. The number of benzene rings is 2. The first-order valence-corrected chi connectivity index (χ1v) is 9.39. The first kappa shape index (κ1) is 15.8. The predicted molar refractivity (Wildman–Crippen MR) is 95.0 cm³/mol. The molecule has 0 aliphatic heterocycles. The van der Waals surface area contributed by atoms with Gasteiger partial charge in [0.25, 0.3) is 0 Å². The molecule has 0 amide bonds. The fourth-order valence-electron chi connectivity index (χ4n) is 2.16. The molecule has 23 heavy (non-hydrogen) atoms. The Bertz CT molecular complexity index is 802. The van der Waals surface area contributed by atoms with Gasteiger partial charge in [0.15, 0.2) is 0 Å². The van der Waals surface area contributed by atoms with Crippen molar-refractivity contribution < 1.29 is 4.21 Å². The largest absolute Gasteiger partial charge is 0.378 e. The molecular weight excluding hydrogens is 326 g/mol. The highest BCUT2D eigenvalue weighted by Crippen LogP contribution is 2.17. The maximum Gasteiger partial charge on any atom is 0.136 e. The van der Waals surface area contributed by atoms with Gasteiger partial charge < -0.3 is 5.32 Å². The van der Waals surface area contributed by atoms with Crippen LogP contribution in [0.4, 0.5) is 5.69 Å². The average molecular weight is 343 g/mol. The number of rotatable bonds is 6. The van der Waals surface area contributed by atoms with E-state index in [4.69, 9.17) is 0 Å². The minimum atomic E-state index is -1.03. The van der Waals surface area contributed by atoms with Crippen LogP contribution < -0.4 is 5.32 Å². The van der Waals surface area contributed by atoms with Gasteiger partial charge >= 0.3 is 0 Å². The molecule has 0 radical (unpaired) electrons. The summed E-state index contributed by atoms with van der Waals surface area (Å²) in [6.45, 7) is 2.59. The van der Waals surface area contributed by atoms with Crippen molar-refractivity contribution in [2.75, 3.05) is 5.32 Å². The lowest BCUT2D eigenvalue weighted by Crippen LogP contribution is -2.01. The lowest BCUT2D eigenvalue weighted by molar-refractivity contribution is 0.682. The quantitative estimate of drug-likeness (QED) is 0.740. The Morgan fingerprint density at radius 2 is 1.91 bits per heavy atom. The van der Waals surface area contributed by atoms with Gasteiger partial charge in [-0.25, -0.2) is 0 Å². The lowest BCUT2D eigenvalue weighted by Gasteiger charge is -2.07. The second-order valence-corrected chi connectivity index (χ2v) is 7.79. The molecule has 1 unspecified atom stereocenters. The highest BCUT2D eigenvalue weighted by Gasteiger charge is 2.06. The molecule has 4 nitrogen and oxygen atoms in total. The number of hydrogen-bond donors (Lipinski definition) is 1. The minimum Gasteiger partial charge on any atom is -0.378 e. The minimum absolute atomic E-state index is 0.511. The fourth-order valence-corrected chi connectivity index (χ4v) is 3.92. The summed E-state index contributed by atoms with van der Waals surface area (Å²) in [7, 11) is -1.03. The molecule has 0 bridgehead atoms. The van der Waals surface area contributed by atoms with Crippen molar-refractivity contribution in [3.8, 4) is 0 Å². The molecule has 0 saturated carbocycles. The molecule has 0 aliphatic carbocycles. The molecule has 0 spiro atoms. The van der Waals surface area contributed by atoms with Crippen molar-refractivity contribution in [1.82, 2.24) is 10.2 Å². The Morgan fingerprint density at radius 1 is 1.09 bits per heavy atom. The third-order valence-corrected chi connectivity index (χ3v) is 5.47. The molecule has 1 aromatic heterocycles. The molecule has 1 atom stereocenters. The molecule has 1 heterocycles.